The first kappa shape index (κ1) is 13.1. The average molecular weight is 268 g/mol. The van der Waals surface area contributed by atoms with Crippen LogP contribution in [0.5, 0.6) is 5.88 Å². The molecule has 3 heteroatoms. The van der Waals surface area contributed by atoms with E-state index in [1.54, 1.807) is 13.3 Å². The third-order valence-corrected chi connectivity index (χ3v) is 3.85. The minimum absolute atomic E-state index is 0.703. The molecule has 1 aromatic carbocycles. The van der Waals surface area contributed by atoms with Crippen molar-refractivity contribution >= 4 is 0 Å². The van der Waals surface area contributed by atoms with Crippen molar-refractivity contribution in [3.8, 4) is 5.88 Å². The van der Waals surface area contributed by atoms with E-state index < -0.39 is 0 Å². The molecule has 0 saturated heterocycles. The van der Waals surface area contributed by atoms with Gasteiger partial charge in [0.05, 0.1) is 7.11 Å². The van der Waals surface area contributed by atoms with Crippen LogP contribution in [0.25, 0.3) is 0 Å². The van der Waals surface area contributed by atoms with Gasteiger partial charge in [0.25, 0.3) is 0 Å². The lowest BCUT2D eigenvalue weighted by molar-refractivity contribution is 0.390. The Bertz CT molecular complexity index is 595. The van der Waals surface area contributed by atoms with Gasteiger partial charge in [-0.05, 0) is 42.0 Å². The van der Waals surface area contributed by atoms with Gasteiger partial charge in [-0.15, -0.1) is 0 Å². The van der Waals surface area contributed by atoms with Crippen LogP contribution < -0.4 is 10.1 Å². The van der Waals surface area contributed by atoms with Crippen LogP contribution in [0.3, 0.4) is 0 Å². The van der Waals surface area contributed by atoms with E-state index in [0.717, 1.165) is 18.7 Å². The van der Waals surface area contributed by atoms with Crippen LogP contribution in [0, 0.1) is 0 Å². The third kappa shape index (κ3) is 2.83. The first-order valence-corrected chi connectivity index (χ1v) is 7.16. The van der Waals surface area contributed by atoms with Crippen molar-refractivity contribution in [3.63, 3.8) is 0 Å². The summed E-state index contributed by atoms with van der Waals surface area (Å²) in [5, 5.41) is 3.46. The van der Waals surface area contributed by atoms with Crippen molar-refractivity contribution in [2.24, 2.45) is 0 Å². The molecule has 2 aromatic rings. The fraction of sp³-hybridized carbons (Fsp3) is 0.353. The second-order valence-electron chi connectivity index (χ2n) is 5.23. The highest BCUT2D eigenvalue weighted by atomic mass is 16.5. The molecule has 1 aliphatic carbocycles. The third-order valence-electron chi connectivity index (χ3n) is 3.85. The molecule has 1 aromatic heterocycles. The van der Waals surface area contributed by atoms with Gasteiger partial charge in [-0.25, -0.2) is 4.98 Å². The zero-order chi connectivity index (χ0) is 13.8. The number of aryl methyl sites for hydroxylation is 2. The number of pyridine rings is 1. The zero-order valence-electron chi connectivity index (χ0n) is 11.9. The van der Waals surface area contributed by atoms with Crippen molar-refractivity contribution < 1.29 is 4.74 Å². The summed E-state index contributed by atoms with van der Waals surface area (Å²) in [7, 11) is 1.66. The Morgan fingerprint density at radius 1 is 1.15 bits per heavy atom. The first-order chi connectivity index (χ1) is 9.86. The number of fused-ring (bicyclic) bond motifs is 1. The Morgan fingerprint density at radius 2 is 2.05 bits per heavy atom. The summed E-state index contributed by atoms with van der Waals surface area (Å²) in [6.07, 6.45) is 5.54. The number of rotatable bonds is 5. The summed E-state index contributed by atoms with van der Waals surface area (Å²) in [6.45, 7) is 1.65. The van der Waals surface area contributed by atoms with Gasteiger partial charge in [-0.2, -0.15) is 0 Å². The van der Waals surface area contributed by atoms with Crippen LogP contribution in [0.1, 0.15) is 28.7 Å². The Morgan fingerprint density at radius 3 is 2.95 bits per heavy atom. The molecular formula is C17H20N2O. The SMILES string of the molecule is COc1ncccc1CNCc1ccc2c(c1)CCC2. The van der Waals surface area contributed by atoms with Gasteiger partial charge in [-0.1, -0.05) is 24.3 Å². The molecule has 3 rings (SSSR count). The summed E-state index contributed by atoms with van der Waals surface area (Å²) in [5.41, 5.74) is 5.51. The minimum atomic E-state index is 0.703. The Kier molecular flexibility index (Phi) is 3.97. The molecule has 0 aliphatic heterocycles. The second-order valence-corrected chi connectivity index (χ2v) is 5.23. The predicted molar refractivity (Wildman–Crippen MR) is 79.8 cm³/mol. The molecule has 104 valence electrons. The van der Waals surface area contributed by atoms with Gasteiger partial charge in [0.15, 0.2) is 0 Å². The monoisotopic (exact) mass is 268 g/mol. The van der Waals surface area contributed by atoms with Gasteiger partial charge >= 0.3 is 0 Å². The van der Waals surface area contributed by atoms with Gasteiger partial charge in [0.1, 0.15) is 0 Å². The largest absolute Gasteiger partial charge is 0.481 e. The number of ether oxygens (including phenoxy) is 1. The highest BCUT2D eigenvalue weighted by Gasteiger charge is 2.10. The van der Waals surface area contributed by atoms with Crippen LogP contribution in [-0.4, -0.2) is 12.1 Å². The number of methoxy groups -OCH3 is 1. The summed E-state index contributed by atoms with van der Waals surface area (Å²) in [6, 6.07) is 10.8. The van der Waals surface area contributed by atoms with E-state index in [2.05, 4.69) is 28.5 Å². The van der Waals surface area contributed by atoms with Gasteiger partial charge in [0, 0.05) is 24.8 Å². The van der Waals surface area contributed by atoms with E-state index in [1.165, 1.54) is 36.0 Å². The van der Waals surface area contributed by atoms with Gasteiger partial charge in [-0.3, -0.25) is 0 Å². The quantitative estimate of drug-likeness (QED) is 0.905. The normalized spacial score (nSPS) is 13.2. The number of aromatic nitrogens is 1. The molecule has 0 radical (unpaired) electrons. The Balaban J connectivity index is 1.60. The van der Waals surface area contributed by atoms with Gasteiger partial charge in [0.2, 0.25) is 5.88 Å². The number of nitrogens with zero attached hydrogens (tertiary/aromatic N) is 1. The van der Waals surface area contributed by atoms with Crippen LogP contribution in [0.4, 0.5) is 0 Å². The lowest BCUT2D eigenvalue weighted by atomic mass is 10.1. The van der Waals surface area contributed by atoms with Crippen molar-refractivity contribution in [1.82, 2.24) is 10.3 Å². The molecule has 0 bridgehead atoms. The molecule has 1 N–H and O–H groups in total. The summed E-state index contributed by atoms with van der Waals surface area (Å²) in [4.78, 5) is 4.21. The molecule has 0 unspecified atom stereocenters. The fourth-order valence-electron chi connectivity index (χ4n) is 2.82. The molecule has 0 saturated carbocycles. The lowest BCUT2D eigenvalue weighted by Gasteiger charge is -2.09. The Hall–Kier alpha value is -1.87. The standard InChI is InChI=1S/C17H20N2O/c1-20-17-16(6-3-9-19-17)12-18-11-13-7-8-14-4-2-5-15(14)10-13/h3,6-10,18H,2,4-5,11-12H2,1H3. The molecule has 0 fully saturated rings. The average Bonchev–Trinajstić information content (AvgIpc) is 2.95. The minimum Gasteiger partial charge on any atom is -0.481 e. The molecule has 0 spiro atoms. The topological polar surface area (TPSA) is 34.1 Å². The van der Waals surface area contributed by atoms with E-state index in [4.69, 9.17) is 4.74 Å². The lowest BCUT2D eigenvalue weighted by Crippen LogP contribution is -2.14. The molecule has 0 atom stereocenters. The van der Waals surface area contributed by atoms with Crippen LogP contribution in [0.2, 0.25) is 0 Å². The van der Waals surface area contributed by atoms with Crippen molar-refractivity contribution in [2.75, 3.05) is 7.11 Å². The van der Waals surface area contributed by atoms with E-state index in [-0.39, 0.29) is 0 Å². The second kappa shape index (κ2) is 6.06. The molecule has 3 nitrogen and oxygen atoms in total. The van der Waals surface area contributed by atoms with E-state index >= 15 is 0 Å². The Labute approximate surface area is 120 Å². The van der Waals surface area contributed by atoms with Gasteiger partial charge < -0.3 is 10.1 Å². The van der Waals surface area contributed by atoms with Crippen molar-refractivity contribution in [3.05, 3.63) is 58.8 Å². The highest BCUT2D eigenvalue weighted by Crippen LogP contribution is 2.22. The fourth-order valence-corrected chi connectivity index (χ4v) is 2.82. The zero-order valence-corrected chi connectivity index (χ0v) is 11.9. The summed E-state index contributed by atoms with van der Waals surface area (Å²) in [5.74, 6) is 0.703. The maximum Gasteiger partial charge on any atom is 0.217 e. The molecule has 0 amide bonds. The summed E-state index contributed by atoms with van der Waals surface area (Å²) >= 11 is 0. The van der Waals surface area contributed by atoms with Crippen LogP contribution in [-0.2, 0) is 25.9 Å². The van der Waals surface area contributed by atoms with E-state index in [0.29, 0.717) is 5.88 Å². The maximum absolute atomic E-state index is 5.26. The number of nitrogens with one attached hydrogen (secondary N) is 1. The maximum atomic E-state index is 5.26. The smallest absolute Gasteiger partial charge is 0.217 e. The first-order valence-electron chi connectivity index (χ1n) is 7.16. The van der Waals surface area contributed by atoms with E-state index in [9.17, 15) is 0 Å². The van der Waals surface area contributed by atoms with Crippen LogP contribution in [0.15, 0.2) is 36.5 Å². The molecule has 1 heterocycles. The van der Waals surface area contributed by atoms with Crippen LogP contribution >= 0.6 is 0 Å². The van der Waals surface area contributed by atoms with Crippen molar-refractivity contribution in [2.45, 2.75) is 32.4 Å². The molecule has 1 aliphatic rings. The number of benzene rings is 1. The molecular weight excluding hydrogens is 248 g/mol. The van der Waals surface area contributed by atoms with Crippen molar-refractivity contribution in [1.29, 1.82) is 0 Å². The molecule has 20 heavy (non-hydrogen) atoms. The van der Waals surface area contributed by atoms with E-state index in [1.807, 2.05) is 12.1 Å². The number of hydrogen-bond acceptors (Lipinski definition) is 3. The number of hydrogen-bond donors (Lipinski definition) is 1. The predicted octanol–water partition coefficient (Wildman–Crippen LogP) is 2.87. The highest BCUT2D eigenvalue weighted by molar-refractivity contribution is 5.35. The summed E-state index contributed by atoms with van der Waals surface area (Å²) < 4.78 is 5.26.